The average Bonchev–Trinajstić information content (AvgIpc) is 2.44. The molecule has 0 saturated carbocycles. The minimum atomic E-state index is -0.367. The maximum absolute atomic E-state index is 10.4. The molecule has 3 nitrogen and oxygen atoms in total. The minimum Gasteiger partial charge on any atom is -0.388 e. The summed E-state index contributed by atoms with van der Waals surface area (Å²) in [7, 11) is 0. The van der Waals surface area contributed by atoms with E-state index in [2.05, 4.69) is 43.9 Å². The molecule has 0 amide bonds. The Balaban J connectivity index is 1.92. The number of aryl methyl sites for hydroxylation is 2. The molecule has 2 rings (SSSR count). The van der Waals surface area contributed by atoms with E-state index in [1.807, 2.05) is 0 Å². The van der Waals surface area contributed by atoms with Gasteiger partial charge in [-0.05, 0) is 32.3 Å². The van der Waals surface area contributed by atoms with Crippen molar-refractivity contribution >= 4 is 0 Å². The highest BCUT2D eigenvalue weighted by Crippen LogP contribution is 2.21. The molecule has 1 saturated heterocycles. The molecule has 112 valence electrons. The zero-order valence-corrected chi connectivity index (χ0v) is 12.9. The van der Waals surface area contributed by atoms with Gasteiger partial charge in [0, 0.05) is 19.1 Å². The average molecular weight is 277 g/mol. The van der Waals surface area contributed by atoms with E-state index in [4.69, 9.17) is 4.74 Å². The molecule has 1 aliphatic rings. The van der Waals surface area contributed by atoms with Gasteiger partial charge in [0.1, 0.15) is 0 Å². The first-order valence-corrected chi connectivity index (χ1v) is 7.68. The summed E-state index contributed by atoms with van der Waals surface area (Å²) in [4.78, 5) is 2.45. The molecular weight excluding hydrogens is 250 g/mol. The first-order chi connectivity index (χ1) is 9.60. The van der Waals surface area contributed by atoms with E-state index < -0.39 is 0 Å². The van der Waals surface area contributed by atoms with Crippen molar-refractivity contribution in [2.24, 2.45) is 0 Å². The van der Waals surface area contributed by atoms with E-state index in [0.717, 1.165) is 44.7 Å². The second kappa shape index (κ2) is 7.21. The molecule has 0 bridgehead atoms. The van der Waals surface area contributed by atoms with Crippen LogP contribution >= 0.6 is 0 Å². The Kier molecular flexibility index (Phi) is 5.58. The quantitative estimate of drug-likeness (QED) is 0.898. The molecule has 0 aliphatic carbocycles. The van der Waals surface area contributed by atoms with E-state index in [1.54, 1.807) is 0 Å². The van der Waals surface area contributed by atoms with Crippen LogP contribution in [0.4, 0.5) is 0 Å². The van der Waals surface area contributed by atoms with Crippen LogP contribution in [0, 0.1) is 13.8 Å². The van der Waals surface area contributed by atoms with Gasteiger partial charge in [0.2, 0.25) is 0 Å². The van der Waals surface area contributed by atoms with E-state index in [1.165, 1.54) is 11.1 Å². The largest absolute Gasteiger partial charge is 0.388 e. The molecule has 2 atom stereocenters. The van der Waals surface area contributed by atoms with Crippen LogP contribution in [0.3, 0.4) is 0 Å². The van der Waals surface area contributed by atoms with Crippen LogP contribution in [-0.4, -0.2) is 42.4 Å². The van der Waals surface area contributed by atoms with Gasteiger partial charge in [-0.3, -0.25) is 4.90 Å². The van der Waals surface area contributed by atoms with Crippen molar-refractivity contribution in [2.75, 3.05) is 26.3 Å². The number of rotatable bonds is 5. The number of aliphatic hydroxyl groups is 1. The lowest BCUT2D eigenvalue weighted by molar-refractivity contribution is -0.0143. The summed E-state index contributed by atoms with van der Waals surface area (Å²) in [6.45, 7) is 9.93. The highest BCUT2D eigenvalue weighted by atomic mass is 16.5. The van der Waals surface area contributed by atoms with Crippen molar-refractivity contribution in [3.8, 4) is 0 Å². The van der Waals surface area contributed by atoms with Gasteiger partial charge in [-0.15, -0.1) is 0 Å². The predicted octanol–water partition coefficient (Wildman–Crippen LogP) is 2.84. The lowest BCUT2D eigenvalue weighted by atomic mass is 10.0. The molecule has 1 N–H and O–H groups in total. The zero-order valence-electron chi connectivity index (χ0n) is 12.9. The summed E-state index contributed by atoms with van der Waals surface area (Å²) < 4.78 is 5.52. The Morgan fingerprint density at radius 1 is 1.30 bits per heavy atom. The Labute approximate surface area is 122 Å². The fourth-order valence-electron chi connectivity index (χ4n) is 3.02. The highest BCUT2D eigenvalue weighted by Gasteiger charge is 2.22. The van der Waals surface area contributed by atoms with E-state index >= 15 is 0 Å². The highest BCUT2D eigenvalue weighted by molar-refractivity contribution is 5.29. The van der Waals surface area contributed by atoms with Crippen molar-refractivity contribution in [3.63, 3.8) is 0 Å². The van der Waals surface area contributed by atoms with Gasteiger partial charge in [0.15, 0.2) is 0 Å². The Morgan fingerprint density at radius 2 is 2.00 bits per heavy atom. The monoisotopic (exact) mass is 277 g/mol. The molecule has 1 aromatic rings. The summed E-state index contributed by atoms with van der Waals surface area (Å²) in [5, 5.41) is 10.4. The third-order valence-corrected chi connectivity index (χ3v) is 4.14. The van der Waals surface area contributed by atoms with Crippen molar-refractivity contribution < 1.29 is 9.84 Å². The standard InChI is InChI=1S/C17H27NO2/c1-4-16-12-20-8-7-18(16)6-5-17(19)15-10-13(2)9-14(3)11-15/h9-11,16-17,19H,4-8,12H2,1-3H3. The molecule has 0 spiro atoms. The molecule has 0 radical (unpaired) electrons. The van der Waals surface area contributed by atoms with Gasteiger partial charge in [0.05, 0.1) is 19.3 Å². The molecule has 20 heavy (non-hydrogen) atoms. The number of benzene rings is 1. The smallest absolute Gasteiger partial charge is 0.0802 e. The number of aliphatic hydroxyl groups excluding tert-OH is 1. The van der Waals surface area contributed by atoms with Crippen molar-refractivity contribution in [1.29, 1.82) is 0 Å². The predicted molar refractivity (Wildman–Crippen MR) is 82.0 cm³/mol. The number of nitrogens with zero attached hydrogens (tertiary/aromatic N) is 1. The maximum Gasteiger partial charge on any atom is 0.0802 e. The summed E-state index contributed by atoms with van der Waals surface area (Å²) in [5.41, 5.74) is 3.48. The van der Waals surface area contributed by atoms with Gasteiger partial charge >= 0.3 is 0 Å². The molecule has 2 unspecified atom stereocenters. The van der Waals surface area contributed by atoms with Crippen LogP contribution in [0.2, 0.25) is 0 Å². The molecular formula is C17H27NO2. The van der Waals surface area contributed by atoms with Crippen molar-refractivity contribution in [1.82, 2.24) is 4.90 Å². The Hall–Kier alpha value is -0.900. The molecule has 3 heteroatoms. The summed E-state index contributed by atoms with van der Waals surface area (Å²) in [6.07, 6.45) is 1.54. The van der Waals surface area contributed by atoms with Crippen LogP contribution in [0.1, 0.15) is 42.6 Å². The van der Waals surface area contributed by atoms with E-state index in [-0.39, 0.29) is 6.10 Å². The molecule has 1 heterocycles. The van der Waals surface area contributed by atoms with Crippen LogP contribution in [0.15, 0.2) is 18.2 Å². The minimum absolute atomic E-state index is 0.367. The number of ether oxygens (including phenoxy) is 1. The number of hydrogen-bond donors (Lipinski definition) is 1. The van der Waals surface area contributed by atoms with E-state index in [0.29, 0.717) is 6.04 Å². The normalized spacial score (nSPS) is 21.9. The lowest BCUT2D eigenvalue weighted by Gasteiger charge is -2.35. The Bertz CT molecular complexity index is 413. The van der Waals surface area contributed by atoms with Gasteiger partial charge in [-0.25, -0.2) is 0 Å². The lowest BCUT2D eigenvalue weighted by Crippen LogP contribution is -2.45. The van der Waals surface area contributed by atoms with Crippen LogP contribution in [0.5, 0.6) is 0 Å². The van der Waals surface area contributed by atoms with E-state index in [9.17, 15) is 5.11 Å². The van der Waals surface area contributed by atoms with Gasteiger partial charge in [-0.1, -0.05) is 36.2 Å². The fraction of sp³-hybridized carbons (Fsp3) is 0.647. The number of hydrogen-bond acceptors (Lipinski definition) is 3. The maximum atomic E-state index is 10.4. The first-order valence-electron chi connectivity index (χ1n) is 7.68. The first kappa shape index (κ1) is 15.5. The molecule has 1 fully saturated rings. The zero-order chi connectivity index (χ0) is 14.5. The third kappa shape index (κ3) is 4.05. The summed E-state index contributed by atoms with van der Waals surface area (Å²) in [5.74, 6) is 0. The fourth-order valence-corrected chi connectivity index (χ4v) is 3.02. The topological polar surface area (TPSA) is 32.7 Å². The second-order valence-corrected chi connectivity index (χ2v) is 5.90. The van der Waals surface area contributed by atoms with Crippen LogP contribution < -0.4 is 0 Å². The van der Waals surface area contributed by atoms with Gasteiger partial charge in [0.25, 0.3) is 0 Å². The van der Waals surface area contributed by atoms with Crippen molar-refractivity contribution in [2.45, 2.75) is 45.8 Å². The third-order valence-electron chi connectivity index (χ3n) is 4.14. The molecule has 0 aromatic heterocycles. The van der Waals surface area contributed by atoms with Crippen LogP contribution in [0.25, 0.3) is 0 Å². The van der Waals surface area contributed by atoms with Gasteiger partial charge < -0.3 is 9.84 Å². The Morgan fingerprint density at radius 3 is 2.65 bits per heavy atom. The second-order valence-electron chi connectivity index (χ2n) is 5.90. The SMILES string of the molecule is CCC1COCCN1CCC(O)c1cc(C)cc(C)c1. The molecule has 1 aliphatic heterocycles. The summed E-state index contributed by atoms with van der Waals surface area (Å²) in [6, 6.07) is 6.84. The molecule has 1 aromatic carbocycles. The van der Waals surface area contributed by atoms with Crippen LogP contribution in [-0.2, 0) is 4.74 Å². The number of morpholine rings is 1. The van der Waals surface area contributed by atoms with Gasteiger partial charge in [-0.2, -0.15) is 0 Å². The van der Waals surface area contributed by atoms with Crippen molar-refractivity contribution in [3.05, 3.63) is 34.9 Å². The summed E-state index contributed by atoms with van der Waals surface area (Å²) >= 11 is 0.